The van der Waals surface area contributed by atoms with Gasteiger partial charge in [0.2, 0.25) is 5.91 Å². The molecule has 19 heavy (non-hydrogen) atoms. The molecule has 2 unspecified atom stereocenters. The molecule has 0 aromatic carbocycles. The lowest BCUT2D eigenvalue weighted by atomic mass is 9.41. The Labute approximate surface area is 114 Å². The topological polar surface area (TPSA) is 55.4 Å². The minimum absolute atomic E-state index is 0.0235. The third kappa shape index (κ3) is 1.96. The summed E-state index contributed by atoms with van der Waals surface area (Å²) >= 11 is 0. The van der Waals surface area contributed by atoms with E-state index in [2.05, 4.69) is 19.2 Å². The molecule has 0 radical (unpaired) electrons. The molecule has 4 aliphatic carbocycles. The summed E-state index contributed by atoms with van der Waals surface area (Å²) in [5, 5.41) is 3.19. The molecule has 0 spiro atoms. The van der Waals surface area contributed by atoms with Gasteiger partial charge >= 0.3 is 0 Å². The molecule has 0 aromatic rings. The number of rotatable bonds is 3. The second-order valence-electron chi connectivity index (χ2n) is 8.04. The van der Waals surface area contributed by atoms with Gasteiger partial charge in [-0.15, -0.1) is 0 Å². The van der Waals surface area contributed by atoms with Crippen LogP contribution in [0.2, 0.25) is 0 Å². The second kappa shape index (κ2) is 3.53. The van der Waals surface area contributed by atoms with E-state index in [1.165, 1.54) is 6.42 Å². The Bertz CT molecular complexity index is 427. The van der Waals surface area contributed by atoms with Crippen molar-refractivity contribution in [1.29, 1.82) is 0 Å². The summed E-state index contributed by atoms with van der Waals surface area (Å²) in [5.41, 5.74) is -0.181. The van der Waals surface area contributed by atoms with Crippen molar-refractivity contribution in [2.45, 2.75) is 70.4 Å². The number of carbonyl (C=O) groups is 2. The smallest absolute Gasteiger partial charge is 0.293 e. The number of nitrogens with one attached hydrogen (secondary N) is 1. The number of amides is 1. The summed E-state index contributed by atoms with van der Waals surface area (Å²) in [7, 11) is 0. The van der Waals surface area contributed by atoms with Crippen molar-refractivity contribution in [3.63, 3.8) is 0 Å². The zero-order valence-corrected chi connectivity index (χ0v) is 12.0. The lowest BCUT2D eigenvalue weighted by Crippen LogP contribution is -2.70. The summed E-state index contributed by atoms with van der Waals surface area (Å²) < 4.78 is 5.55. The summed E-state index contributed by atoms with van der Waals surface area (Å²) in [6, 6.07) is 0. The normalized spacial score (nSPS) is 50.9. The van der Waals surface area contributed by atoms with E-state index < -0.39 is 0 Å². The van der Waals surface area contributed by atoms with Gasteiger partial charge in [0.05, 0.1) is 0 Å². The van der Waals surface area contributed by atoms with Gasteiger partial charge in [0.15, 0.2) is 0 Å². The van der Waals surface area contributed by atoms with Crippen LogP contribution >= 0.6 is 0 Å². The molecular formula is C15H23NO3. The van der Waals surface area contributed by atoms with Gasteiger partial charge in [0.1, 0.15) is 5.60 Å². The van der Waals surface area contributed by atoms with E-state index in [1.807, 2.05) is 0 Å². The van der Waals surface area contributed by atoms with Crippen molar-refractivity contribution >= 4 is 12.4 Å². The average molecular weight is 265 g/mol. The molecule has 4 saturated carbocycles. The fourth-order valence-electron chi connectivity index (χ4n) is 6.32. The summed E-state index contributed by atoms with van der Waals surface area (Å²) in [6.07, 6.45) is 5.86. The summed E-state index contributed by atoms with van der Waals surface area (Å²) in [4.78, 5) is 22.5. The van der Waals surface area contributed by atoms with E-state index in [1.54, 1.807) is 6.92 Å². The quantitative estimate of drug-likeness (QED) is 0.796. The highest BCUT2D eigenvalue weighted by Gasteiger charge is 2.67. The van der Waals surface area contributed by atoms with E-state index in [0.717, 1.165) is 32.1 Å². The monoisotopic (exact) mass is 265 g/mol. The number of hydrogen-bond donors (Lipinski definition) is 1. The summed E-state index contributed by atoms with van der Waals surface area (Å²) in [6.45, 7) is 6.74. The Kier molecular flexibility index (Phi) is 2.40. The standard InChI is InChI=1S/C15H23NO3/c1-11(18)16-14-5-12(2)4-13(3,6-14)8-15(7-12,9-14)19-10-17/h10H,4-9H2,1-3H3,(H,16,18). The van der Waals surface area contributed by atoms with Gasteiger partial charge in [0.25, 0.3) is 6.47 Å². The van der Waals surface area contributed by atoms with Crippen molar-refractivity contribution in [3.8, 4) is 0 Å². The Morgan fingerprint density at radius 3 is 2.11 bits per heavy atom. The molecule has 1 N–H and O–H groups in total. The van der Waals surface area contributed by atoms with Crippen LogP contribution in [0.15, 0.2) is 0 Å². The van der Waals surface area contributed by atoms with Gasteiger partial charge in [-0.05, 0) is 42.9 Å². The van der Waals surface area contributed by atoms with Crippen LogP contribution < -0.4 is 5.32 Å². The summed E-state index contributed by atoms with van der Waals surface area (Å²) in [5.74, 6) is 0.0235. The second-order valence-corrected chi connectivity index (χ2v) is 8.04. The van der Waals surface area contributed by atoms with Gasteiger partial charge in [-0.3, -0.25) is 9.59 Å². The maximum absolute atomic E-state index is 11.6. The molecule has 4 rings (SSSR count). The molecule has 0 saturated heterocycles. The van der Waals surface area contributed by atoms with E-state index in [9.17, 15) is 9.59 Å². The molecule has 4 heteroatoms. The Morgan fingerprint density at radius 2 is 1.63 bits per heavy atom. The van der Waals surface area contributed by atoms with Crippen LogP contribution in [0.1, 0.15) is 59.3 Å². The minimum Gasteiger partial charge on any atom is -0.461 e. The highest BCUT2D eigenvalue weighted by Crippen LogP contribution is 2.68. The molecule has 0 heterocycles. The lowest BCUT2D eigenvalue weighted by molar-refractivity contribution is -0.216. The van der Waals surface area contributed by atoms with E-state index in [-0.39, 0.29) is 27.9 Å². The molecule has 2 atom stereocenters. The predicted molar refractivity (Wildman–Crippen MR) is 70.3 cm³/mol. The molecule has 4 nitrogen and oxygen atoms in total. The van der Waals surface area contributed by atoms with Gasteiger partial charge in [-0.25, -0.2) is 0 Å². The number of carbonyl (C=O) groups excluding carboxylic acids is 2. The van der Waals surface area contributed by atoms with Gasteiger partial charge in [-0.1, -0.05) is 13.8 Å². The van der Waals surface area contributed by atoms with Gasteiger partial charge < -0.3 is 10.1 Å². The molecule has 4 bridgehead atoms. The highest BCUT2D eigenvalue weighted by atomic mass is 16.5. The van der Waals surface area contributed by atoms with Gasteiger partial charge in [-0.2, -0.15) is 0 Å². The molecule has 1 amide bonds. The first-order valence-electron chi connectivity index (χ1n) is 7.12. The zero-order chi connectivity index (χ0) is 13.9. The van der Waals surface area contributed by atoms with Crippen molar-refractivity contribution in [1.82, 2.24) is 5.32 Å². The third-order valence-corrected chi connectivity index (χ3v) is 5.28. The maximum atomic E-state index is 11.6. The van der Waals surface area contributed by atoms with Crippen LogP contribution in [-0.4, -0.2) is 23.5 Å². The highest BCUT2D eigenvalue weighted by molar-refractivity contribution is 5.74. The van der Waals surface area contributed by atoms with Crippen LogP contribution in [0.3, 0.4) is 0 Å². The van der Waals surface area contributed by atoms with Crippen molar-refractivity contribution < 1.29 is 14.3 Å². The predicted octanol–water partition coefficient (Wildman–Crippen LogP) is 2.17. The molecule has 4 aliphatic rings. The number of hydrogen-bond acceptors (Lipinski definition) is 3. The Hall–Kier alpha value is -1.06. The largest absolute Gasteiger partial charge is 0.461 e. The molecular weight excluding hydrogens is 242 g/mol. The first-order valence-corrected chi connectivity index (χ1v) is 7.12. The van der Waals surface area contributed by atoms with E-state index in [0.29, 0.717) is 6.47 Å². The van der Waals surface area contributed by atoms with Crippen molar-refractivity contribution in [2.24, 2.45) is 10.8 Å². The lowest BCUT2D eigenvalue weighted by Gasteiger charge is -2.68. The van der Waals surface area contributed by atoms with Crippen LogP contribution in [0, 0.1) is 10.8 Å². The van der Waals surface area contributed by atoms with Crippen LogP contribution in [0.25, 0.3) is 0 Å². The Morgan fingerprint density at radius 1 is 1.05 bits per heavy atom. The molecule has 106 valence electrons. The van der Waals surface area contributed by atoms with Crippen LogP contribution in [0.4, 0.5) is 0 Å². The molecule has 0 aromatic heterocycles. The molecule has 0 aliphatic heterocycles. The fraction of sp³-hybridized carbons (Fsp3) is 0.867. The van der Waals surface area contributed by atoms with Crippen LogP contribution in [0.5, 0.6) is 0 Å². The molecule has 4 fully saturated rings. The average Bonchev–Trinajstić information content (AvgIpc) is 2.07. The van der Waals surface area contributed by atoms with E-state index in [4.69, 9.17) is 4.74 Å². The van der Waals surface area contributed by atoms with Crippen molar-refractivity contribution in [2.75, 3.05) is 0 Å². The minimum atomic E-state index is -0.359. The fourth-order valence-corrected chi connectivity index (χ4v) is 6.32. The van der Waals surface area contributed by atoms with E-state index >= 15 is 0 Å². The maximum Gasteiger partial charge on any atom is 0.293 e. The first kappa shape index (κ1) is 12.9. The van der Waals surface area contributed by atoms with Crippen LogP contribution in [-0.2, 0) is 14.3 Å². The first-order chi connectivity index (χ1) is 8.72. The van der Waals surface area contributed by atoms with Gasteiger partial charge in [0, 0.05) is 18.9 Å². The zero-order valence-electron chi connectivity index (χ0n) is 12.0. The Balaban J connectivity index is 2.01. The SMILES string of the molecule is CC(=O)NC12CC3(C)CC(C)(C1)CC(OC=O)(C3)C2. The number of ether oxygens (including phenoxy) is 1. The van der Waals surface area contributed by atoms with Crippen molar-refractivity contribution in [3.05, 3.63) is 0 Å². The third-order valence-electron chi connectivity index (χ3n) is 5.28.